The molecule has 3 atom stereocenters. The molecule has 2 unspecified atom stereocenters. The van der Waals surface area contributed by atoms with E-state index in [1.165, 1.54) is 7.11 Å². The summed E-state index contributed by atoms with van der Waals surface area (Å²) < 4.78 is 9.22. The molecule has 1 aromatic heterocycles. The molecule has 13 heteroatoms. The first-order valence-corrected chi connectivity index (χ1v) is 12.1. The second kappa shape index (κ2) is 9.98. The van der Waals surface area contributed by atoms with Gasteiger partial charge in [0.1, 0.15) is 24.3 Å². The van der Waals surface area contributed by atoms with Crippen LogP contribution in [0.25, 0.3) is 0 Å². The molecule has 174 valence electrons. The van der Waals surface area contributed by atoms with E-state index >= 15 is 0 Å². The zero-order chi connectivity index (χ0) is 23.5. The third kappa shape index (κ3) is 4.77. The molecule has 0 saturated carbocycles. The highest BCUT2D eigenvalue weighted by Crippen LogP contribution is 2.42. The fourth-order valence-electron chi connectivity index (χ4n) is 3.51. The largest absolute Gasteiger partial charge is 0.497 e. The van der Waals surface area contributed by atoms with E-state index in [0.717, 1.165) is 34.8 Å². The Kier molecular flexibility index (Phi) is 7.05. The predicted molar refractivity (Wildman–Crippen MR) is 127 cm³/mol. The fourth-order valence-corrected chi connectivity index (χ4v) is 5.87. The number of alkyl halides is 1. The number of hydrogen-bond donors (Lipinski definition) is 2. The van der Waals surface area contributed by atoms with Crippen molar-refractivity contribution in [3.8, 4) is 5.75 Å². The number of oxime groups is 1. The number of nitrogens with one attached hydrogen (secondary N) is 1. The highest BCUT2D eigenvalue weighted by molar-refractivity contribution is 8.00. The summed E-state index contributed by atoms with van der Waals surface area (Å²) in [6, 6.07) is 7.09. The molecule has 2 amide bonds. The SMILES string of the molecule is CON=C(C(=O)NC1C(=O)N2C=C(CCl)C(Cc3ccc(OC)cc3)S[C@H]12)c1nsc(N)n1. The van der Waals surface area contributed by atoms with Gasteiger partial charge in [-0.2, -0.15) is 9.36 Å². The molecular formula is C20H21ClN6O4S2. The number of methoxy groups -OCH3 is 1. The van der Waals surface area contributed by atoms with E-state index in [1.54, 1.807) is 30.0 Å². The number of anilines is 1. The number of hydrogen-bond acceptors (Lipinski definition) is 10. The molecule has 2 aliphatic rings. The lowest BCUT2D eigenvalue weighted by Crippen LogP contribution is -2.69. The summed E-state index contributed by atoms with van der Waals surface area (Å²) in [5, 5.41) is 6.42. The number of carbonyl (C=O) groups is 2. The van der Waals surface area contributed by atoms with Crippen molar-refractivity contribution in [3.05, 3.63) is 47.4 Å². The van der Waals surface area contributed by atoms with Crippen LogP contribution in [0.3, 0.4) is 0 Å². The summed E-state index contributed by atoms with van der Waals surface area (Å²) in [6.45, 7) is 0. The number of benzene rings is 1. The average Bonchev–Trinajstić information content (AvgIpc) is 3.26. The van der Waals surface area contributed by atoms with Crippen LogP contribution in [0.5, 0.6) is 5.75 Å². The number of rotatable bonds is 8. The zero-order valence-corrected chi connectivity index (χ0v) is 20.1. The van der Waals surface area contributed by atoms with Gasteiger partial charge in [-0.15, -0.1) is 23.4 Å². The third-order valence-electron chi connectivity index (χ3n) is 5.17. The van der Waals surface area contributed by atoms with Gasteiger partial charge in [0.25, 0.3) is 11.8 Å². The fraction of sp³-hybridized carbons (Fsp3) is 0.350. The van der Waals surface area contributed by atoms with Gasteiger partial charge in [0, 0.05) is 28.9 Å². The summed E-state index contributed by atoms with van der Waals surface area (Å²) in [7, 11) is 2.93. The summed E-state index contributed by atoms with van der Waals surface area (Å²) in [6.07, 6.45) is 2.52. The number of carbonyl (C=O) groups excluding carboxylic acids is 2. The van der Waals surface area contributed by atoms with Crippen LogP contribution in [0.4, 0.5) is 5.13 Å². The van der Waals surface area contributed by atoms with Crippen LogP contribution in [0.1, 0.15) is 11.4 Å². The molecule has 1 fully saturated rings. The van der Waals surface area contributed by atoms with Crippen molar-refractivity contribution in [2.24, 2.45) is 5.16 Å². The Bertz CT molecular complexity index is 1110. The predicted octanol–water partition coefficient (Wildman–Crippen LogP) is 1.61. The molecule has 0 bridgehead atoms. The van der Waals surface area contributed by atoms with Crippen LogP contribution >= 0.6 is 34.9 Å². The minimum Gasteiger partial charge on any atom is -0.497 e. The molecule has 33 heavy (non-hydrogen) atoms. The monoisotopic (exact) mass is 508 g/mol. The van der Waals surface area contributed by atoms with E-state index in [2.05, 4.69) is 19.8 Å². The minimum atomic E-state index is -0.730. The number of amides is 2. The van der Waals surface area contributed by atoms with Gasteiger partial charge in [0.15, 0.2) is 5.13 Å². The van der Waals surface area contributed by atoms with Gasteiger partial charge in [0.05, 0.1) is 7.11 Å². The van der Waals surface area contributed by atoms with E-state index in [0.29, 0.717) is 5.88 Å². The summed E-state index contributed by atoms with van der Waals surface area (Å²) in [5.41, 5.74) is 7.53. The smallest absolute Gasteiger partial charge is 0.278 e. The number of nitrogen functional groups attached to an aromatic ring is 1. The van der Waals surface area contributed by atoms with Gasteiger partial charge in [-0.25, -0.2) is 0 Å². The standard InChI is InChI=1S/C20H21ClN6O4S2/c1-30-12-5-3-10(4-6-12)7-13-11(8-21)9-27-18(29)15(19(27)32-13)23-17(28)14(25-31-2)16-24-20(22)33-26-16/h3-6,9,13,15,19H,7-8H2,1-2H3,(H,23,28)(H2,22,24,26)/t13?,15?,19-/m1/s1. The van der Waals surface area contributed by atoms with Crippen LogP contribution < -0.4 is 15.8 Å². The van der Waals surface area contributed by atoms with E-state index in [4.69, 9.17) is 26.9 Å². The molecule has 3 heterocycles. The summed E-state index contributed by atoms with van der Waals surface area (Å²) in [4.78, 5) is 35.9. The third-order valence-corrected chi connectivity index (χ3v) is 7.60. The number of aromatic nitrogens is 2. The number of fused-ring (bicyclic) bond motifs is 1. The Morgan fingerprint density at radius 3 is 2.70 bits per heavy atom. The quantitative estimate of drug-likeness (QED) is 0.238. The van der Waals surface area contributed by atoms with Gasteiger partial charge >= 0.3 is 0 Å². The number of ether oxygens (including phenoxy) is 1. The van der Waals surface area contributed by atoms with Gasteiger partial charge < -0.3 is 25.5 Å². The van der Waals surface area contributed by atoms with Crippen molar-refractivity contribution >= 4 is 57.6 Å². The Labute approximate surface area is 203 Å². The average molecular weight is 509 g/mol. The van der Waals surface area contributed by atoms with Crippen LogP contribution in [0.2, 0.25) is 0 Å². The van der Waals surface area contributed by atoms with Gasteiger partial charge in [-0.3, -0.25) is 9.59 Å². The second-order valence-electron chi connectivity index (χ2n) is 7.18. The lowest BCUT2D eigenvalue weighted by atomic mass is 10.0. The highest BCUT2D eigenvalue weighted by Gasteiger charge is 2.51. The van der Waals surface area contributed by atoms with E-state index in [1.807, 2.05) is 24.3 Å². The van der Waals surface area contributed by atoms with Gasteiger partial charge in [-0.05, 0) is 29.7 Å². The number of nitrogens with two attached hydrogens (primary N) is 1. The lowest BCUT2D eigenvalue weighted by Gasteiger charge is -2.49. The topological polar surface area (TPSA) is 132 Å². The van der Waals surface area contributed by atoms with Crippen molar-refractivity contribution in [3.63, 3.8) is 0 Å². The molecule has 2 aliphatic heterocycles. The second-order valence-corrected chi connectivity index (χ2v) is 9.56. The Balaban J connectivity index is 1.48. The zero-order valence-electron chi connectivity index (χ0n) is 17.7. The first-order valence-electron chi connectivity index (χ1n) is 9.83. The molecule has 4 rings (SSSR count). The van der Waals surface area contributed by atoms with Crippen molar-refractivity contribution in [1.29, 1.82) is 0 Å². The maximum atomic E-state index is 12.9. The molecule has 0 radical (unpaired) electrons. The number of nitrogens with zero attached hydrogens (tertiary/aromatic N) is 4. The molecule has 0 spiro atoms. The lowest BCUT2D eigenvalue weighted by molar-refractivity contribution is -0.143. The van der Waals surface area contributed by atoms with E-state index < -0.39 is 11.9 Å². The molecular weight excluding hydrogens is 488 g/mol. The minimum absolute atomic E-state index is 0.0403. The van der Waals surface area contributed by atoms with Crippen LogP contribution in [0, 0.1) is 0 Å². The highest BCUT2D eigenvalue weighted by atomic mass is 35.5. The van der Waals surface area contributed by atoms with Crippen LogP contribution in [-0.2, 0) is 20.8 Å². The Hall–Kier alpha value is -2.83. The van der Waals surface area contributed by atoms with Gasteiger partial charge in [-0.1, -0.05) is 17.3 Å². The molecule has 1 aromatic carbocycles. The van der Waals surface area contributed by atoms with E-state index in [-0.39, 0.29) is 33.2 Å². The Morgan fingerprint density at radius 2 is 2.09 bits per heavy atom. The summed E-state index contributed by atoms with van der Waals surface area (Å²) in [5.74, 6) is 0.286. The van der Waals surface area contributed by atoms with Gasteiger partial charge in [0.2, 0.25) is 11.5 Å². The van der Waals surface area contributed by atoms with Crippen molar-refractivity contribution in [2.75, 3.05) is 25.8 Å². The maximum Gasteiger partial charge on any atom is 0.278 e. The number of thioether (sulfide) groups is 1. The number of halogens is 1. The van der Waals surface area contributed by atoms with E-state index in [9.17, 15) is 9.59 Å². The normalized spacial score (nSPS) is 22.2. The Morgan fingerprint density at radius 1 is 1.33 bits per heavy atom. The first-order chi connectivity index (χ1) is 15.9. The number of β-lactam (4-membered cyclic amide) rings is 1. The van der Waals surface area contributed by atoms with Crippen molar-refractivity contribution in [2.45, 2.75) is 23.1 Å². The van der Waals surface area contributed by atoms with Crippen LogP contribution in [-0.4, -0.2) is 68.5 Å². The van der Waals surface area contributed by atoms with Crippen molar-refractivity contribution in [1.82, 2.24) is 19.6 Å². The molecule has 3 N–H and O–H groups in total. The first kappa shape index (κ1) is 23.3. The molecule has 10 nitrogen and oxygen atoms in total. The van der Waals surface area contributed by atoms with Crippen LogP contribution in [0.15, 0.2) is 41.2 Å². The molecule has 0 aliphatic carbocycles. The molecule has 1 saturated heterocycles. The maximum absolute atomic E-state index is 12.9. The molecule has 2 aromatic rings. The van der Waals surface area contributed by atoms with Crippen molar-refractivity contribution < 1.29 is 19.2 Å². The summed E-state index contributed by atoms with van der Waals surface area (Å²) >= 11 is 8.69.